The Bertz CT molecular complexity index is 1070. The predicted molar refractivity (Wildman–Crippen MR) is 107 cm³/mol. The number of aromatic nitrogens is 5. The zero-order valence-corrected chi connectivity index (χ0v) is 16.7. The third-order valence-electron chi connectivity index (χ3n) is 5.28. The first-order valence-electron chi connectivity index (χ1n) is 9.25. The maximum atomic E-state index is 11.7. The van der Waals surface area contributed by atoms with E-state index in [0.717, 1.165) is 36.7 Å². The second kappa shape index (κ2) is 7.44. The summed E-state index contributed by atoms with van der Waals surface area (Å²) in [6, 6.07) is 9.79. The fourth-order valence-corrected chi connectivity index (χ4v) is 4.36. The molecule has 9 nitrogen and oxygen atoms in total. The van der Waals surface area contributed by atoms with Crippen molar-refractivity contribution in [2.24, 2.45) is 0 Å². The maximum absolute atomic E-state index is 11.7. The Morgan fingerprint density at radius 3 is 2.64 bits per heavy atom. The van der Waals surface area contributed by atoms with Crippen LogP contribution in [0.15, 0.2) is 36.5 Å². The summed E-state index contributed by atoms with van der Waals surface area (Å²) in [5, 5.41) is 11.7. The summed E-state index contributed by atoms with van der Waals surface area (Å²) < 4.78 is 26.6. The van der Waals surface area contributed by atoms with E-state index in [1.807, 2.05) is 24.3 Å². The standard InChI is InChI=1S/C18H23N7O2S/c1-24(28(2,26)27)14-9-7-13(8-10-14)20-18-19-12-11-17(21-18)25-16-6-4-3-5-15(16)22-23-25/h3-6,11-14H,7-10H2,1-2H3,(H,19,20,21)/t13-,14-. The highest BCUT2D eigenvalue weighted by atomic mass is 32.2. The van der Waals surface area contributed by atoms with Gasteiger partial charge in [-0.1, -0.05) is 17.3 Å². The number of nitrogens with one attached hydrogen (secondary N) is 1. The Morgan fingerprint density at radius 1 is 1.14 bits per heavy atom. The number of hydrogen-bond donors (Lipinski definition) is 1. The topological polar surface area (TPSA) is 106 Å². The Hall–Kier alpha value is -2.59. The van der Waals surface area contributed by atoms with Crippen molar-refractivity contribution < 1.29 is 8.42 Å². The van der Waals surface area contributed by atoms with Gasteiger partial charge >= 0.3 is 0 Å². The van der Waals surface area contributed by atoms with Gasteiger partial charge in [-0.15, -0.1) is 5.10 Å². The average Bonchev–Trinajstić information content (AvgIpc) is 3.12. The summed E-state index contributed by atoms with van der Waals surface area (Å²) in [6.07, 6.45) is 6.31. The first-order valence-corrected chi connectivity index (χ1v) is 11.1. The molecule has 0 saturated heterocycles. The van der Waals surface area contributed by atoms with E-state index >= 15 is 0 Å². The number of nitrogens with zero attached hydrogens (tertiary/aromatic N) is 6. The van der Waals surface area contributed by atoms with E-state index in [1.165, 1.54) is 10.6 Å². The van der Waals surface area contributed by atoms with Crippen molar-refractivity contribution in [1.82, 2.24) is 29.3 Å². The molecule has 0 unspecified atom stereocenters. The van der Waals surface area contributed by atoms with E-state index in [9.17, 15) is 8.42 Å². The molecule has 0 spiro atoms. The molecule has 1 aliphatic rings. The van der Waals surface area contributed by atoms with E-state index in [-0.39, 0.29) is 12.1 Å². The normalized spacial score (nSPS) is 20.5. The first kappa shape index (κ1) is 18.8. The molecule has 0 atom stereocenters. The average molecular weight is 401 g/mol. The van der Waals surface area contributed by atoms with Crippen LogP contribution in [0.3, 0.4) is 0 Å². The van der Waals surface area contributed by atoms with Crippen LogP contribution < -0.4 is 5.32 Å². The molecular formula is C18H23N7O2S. The lowest BCUT2D eigenvalue weighted by Gasteiger charge is -2.33. The summed E-state index contributed by atoms with van der Waals surface area (Å²) in [5.74, 6) is 1.19. The Morgan fingerprint density at radius 2 is 1.89 bits per heavy atom. The van der Waals surface area contributed by atoms with E-state index in [1.54, 1.807) is 24.0 Å². The number of hydrogen-bond acceptors (Lipinski definition) is 7. The molecule has 10 heteroatoms. The summed E-state index contributed by atoms with van der Waals surface area (Å²) in [5.41, 5.74) is 1.69. The highest BCUT2D eigenvalue weighted by Gasteiger charge is 2.28. The Balaban J connectivity index is 1.45. The van der Waals surface area contributed by atoms with Gasteiger partial charge in [-0.2, -0.15) is 9.67 Å². The van der Waals surface area contributed by atoms with Gasteiger partial charge in [-0.25, -0.2) is 17.7 Å². The fourth-order valence-electron chi connectivity index (χ4n) is 3.61. The second-order valence-corrected chi connectivity index (χ2v) is 9.20. The van der Waals surface area contributed by atoms with Gasteiger partial charge in [0.05, 0.1) is 11.8 Å². The van der Waals surface area contributed by atoms with Crippen molar-refractivity contribution in [2.75, 3.05) is 18.6 Å². The van der Waals surface area contributed by atoms with Gasteiger partial charge in [0.2, 0.25) is 16.0 Å². The molecule has 2 aromatic heterocycles. The maximum Gasteiger partial charge on any atom is 0.224 e. The molecule has 4 rings (SSSR count). The minimum Gasteiger partial charge on any atom is -0.351 e. The third kappa shape index (κ3) is 3.83. The largest absolute Gasteiger partial charge is 0.351 e. The minimum atomic E-state index is -3.15. The van der Waals surface area contributed by atoms with Crippen molar-refractivity contribution in [1.29, 1.82) is 0 Å². The summed E-state index contributed by atoms with van der Waals surface area (Å²) >= 11 is 0. The van der Waals surface area contributed by atoms with Gasteiger partial charge in [0, 0.05) is 31.4 Å². The van der Waals surface area contributed by atoms with Crippen molar-refractivity contribution in [2.45, 2.75) is 37.8 Å². The number of rotatable bonds is 5. The van der Waals surface area contributed by atoms with Gasteiger partial charge in [-0.3, -0.25) is 0 Å². The van der Waals surface area contributed by atoms with Crippen molar-refractivity contribution >= 4 is 27.0 Å². The zero-order chi connectivity index (χ0) is 19.7. The molecule has 0 radical (unpaired) electrons. The fraction of sp³-hybridized carbons (Fsp3) is 0.444. The van der Waals surface area contributed by atoms with Crippen molar-refractivity contribution in [3.63, 3.8) is 0 Å². The van der Waals surface area contributed by atoms with Crippen LogP contribution in [0.25, 0.3) is 16.9 Å². The van der Waals surface area contributed by atoms with Crippen LogP contribution in [-0.4, -0.2) is 63.1 Å². The molecular weight excluding hydrogens is 378 g/mol. The van der Waals surface area contributed by atoms with E-state index in [0.29, 0.717) is 11.8 Å². The Kier molecular flexibility index (Phi) is 4.98. The van der Waals surface area contributed by atoms with Crippen LogP contribution in [0.1, 0.15) is 25.7 Å². The molecule has 3 aromatic rings. The van der Waals surface area contributed by atoms with E-state index < -0.39 is 10.0 Å². The molecule has 1 N–H and O–H groups in total. The van der Waals surface area contributed by atoms with Crippen LogP contribution in [0, 0.1) is 0 Å². The molecule has 1 aliphatic carbocycles. The van der Waals surface area contributed by atoms with Gasteiger partial charge in [0.15, 0.2) is 5.82 Å². The third-order valence-corrected chi connectivity index (χ3v) is 6.62. The number of benzene rings is 1. The number of anilines is 1. The van der Waals surface area contributed by atoms with Gasteiger partial charge in [-0.05, 0) is 37.8 Å². The first-order chi connectivity index (χ1) is 13.4. The van der Waals surface area contributed by atoms with E-state index in [2.05, 4.69) is 25.6 Å². The van der Waals surface area contributed by atoms with Crippen LogP contribution in [0.5, 0.6) is 0 Å². The monoisotopic (exact) mass is 401 g/mol. The molecule has 28 heavy (non-hydrogen) atoms. The van der Waals surface area contributed by atoms with Gasteiger partial charge in [0.25, 0.3) is 0 Å². The smallest absolute Gasteiger partial charge is 0.224 e. The second-order valence-electron chi connectivity index (χ2n) is 7.16. The number of para-hydroxylation sites is 1. The SMILES string of the molecule is CN([C@H]1CC[C@H](Nc2nccc(-n3nnc4ccccc43)n2)CC1)S(C)(=O)=O. The zero-order valence-electron chi connectivity index (χ0n) is 15.9. The van der Waals surface area contributed by atoms with Gasteiger partial charge < -0.3 is 5.32 Å². The molecule has 148 valence electrons. The number of sulfonamides is 1. The minimum absolute atomic E-state index is 0.0572. The predicted octanol–water partition coefficient (Wildman–Crippen LogP) is 1.82. The molecule has 1 fully saturated rings. The van der Waals surface area contributed by atoms with Crippen molar-refractivity contribution in [3.05, 3.63) is 36.5 Å². The molecule has 1 aromatic carbocycles. The summed E-state index contributed by atoms with van der Waals surface area (Å²) in [6.45, 7) is 0. The van der Waals surface area contributed by atoms with Crippen LogP contribution >= 0.6 is 0 Å². The highest BCUT2D eigenvalue weighted by Crippen LogP contribution is 2.25. The quantitative estimate of drug-likeness (QED) is 0.695. The van der Waals surface area contributed by atoms with Gasteiger partial charge in [0.1, 0.15) is 5.52 Å². The van der Waals surface area contributed by atoms with Crippen LogP contribution in [0.4, 0.5) is 5.95 Å². The lowest BCUT2D eigenvalue weighted by molar-refractivity contribution is 0.276. The lowest BCUT2D eigenvalue weighted by Crippen LogP contribution is -2.41. The number of fused-ring (bicyclic) bond motifs is 1. The van der Waals surface area contributed by atoms with Crippen LogP contribution in [-0.2, 0) is 10.0 Å². The molecule has 1 saturated carbocycles. The molecule has 2 heterocycles. The Labute approximate surface area is 163 Å². The lowest BCUT2D eigenvalue weighted by atomic mass is 9.91. The molecule has 0 bridgehead atoms. The molecule has 0 amide bonds. The summed E-state index contributed by atoms with van der Waals surface area (Å²) in [4.78, 5) is 8.91. The van der Waals surface area contributed by atoms with Crippen molar-refractivity contribution in [3.8, 4) is 5.82 Å². The highest BCUT2D eigenvalue weighted by molar-refractivity contribution is 7.88. The molecule has 0 aliphatic heterocycles. The van der Waals surface area contributed by atoms with E-state index in [4.69, 9.17) is 0 Å². The summed E-state index contributed by atoms with van der Waals surface area (Å²) in [7, 11) is -1.50. The van der Waals surface area contributed by atoms with Crippen LogP contribution in [0.2, 0.25) is 0 Å².